The summed E-state index contributed by atoms with van der Waals surface area (Å²) in [6.45, 7) is 0.0647. The van der Waals surface area contributed by atoms with Crippen molar-refractivity contribution in [2.45, 2.75) is 6.42 Å². The van der Waals surface area contributed by atoms with Crippen LogP contribution in [0, 0.1) is 0 Å². The number of thiazole rings is 1. The summed E-state index contributed by atoms with van der Waals surface area (Å²) in [4.78, 5) is 29.2. The van der Waals surface area contributed by atoms with Crippen molar-refractivity contribution in [3.63, 3.8) is 0 Å². The molecule has 0 spiro atoms. The summed E-state index contributed by atoms with van der Waals surface area (Å²) in [6.07, 6.45) is 0.617. The van der Waals surface area contributed by atoms with Crippen molar-refractivity contribution >= 4 is 44.3 Å². The Bertz CT molecular complexity index is 1410. The largest absolute Gasteiger partial charge is 0.452 e. The first kappa shape index (κ1) is 20.8. The van der Waals surface area contributed by atoms with Crippen LogP contribution in [0.25, 0.3) is 32.4 Å². The highest BCUT2D eigenvalue weighted by molar-refractivity contribution is 7.18. The van der Waals surface area contributed by atoms with Crippen LogP contribution in [0.5, 0.6) is 0 Å². The molecule has 3 aromatic carbocycles. The zero-order valence-electron chi connectivity index (χ0n) is 17.5. The zero-order valence-corrected chi connectivity index (χ0v) is 18.3. The van der Waals surface area contributed by atoms with Crippen molar-refractivity contribution in [2.24, 2.45) is 0 Å². The molecule has 5 aromatic rings. The average Bonchev–Trinajstić information content (AvgIpc) is 3.46. The van der Waals surface area contributed by atoms with Gasteiger partial charge in [0, 0.05) is 18.5 Å². The van der Waals surface area contributed by atoms with E-state index in [4.69, 9.17) is 9.26 Å². The second kappa shape index (κ2) is 9.22. The SMILES string of the molecule is O=C(COC(=O)c1ccc2noc(-c3ccccc3)c2c1)NCCc1nc2ccccc2s1. The third-order valence-corrected chi connectivity index (χ3v) is 6.18. The lowest BCUT2D eigenvalue weighted by atomic mass is 10.1. The van der Waals surface area contributed by atoms with Gasteiger partial charge in [0.05, 0.1) is 26.2 Å². The van der Waals surface area contributed by atoms with E-state index in [1.807, 2.05) is 54.6 Å². The molecular weight excluding hydrogens is 438 g/mol. The summed E-state index contributed by atoms with van der Waals surface area (Å²) < 4.78 is 11.8. The quantitative estimate of drug-likeness (QED) is 0.359. The topological polar surface area (TPSA) is 94.3 Å². The van der Waals surface area contributed by atoms with Crippen LogP contribution in [-0.4, -0.2) is 35.2 Å². The molecule has 0 aliphatic carbocycles. The van der Waals surface area contributed by atoms with Gasteiger partial charge in [-0.2, -0.15) is 0 Å². The normalized spacial score (nSPS) is 11.0. The minimum absolute atomic E-state index is 0.324. The number of rotatable bonds is 7. The van der Waals surface area contributed by atoms with Crippen LogP contribution in [0.2, 0.25) is 0 Å². The van der Waals surface area contributed by atoms with Gasteiger partial charge in [0.1, 0.15) is 5.52 Å². The molecule has 1 N–H and O–H groups in total. The summed E-state index contributed by atoms with van der Waals surface area (Å²) >= 11 is 1.60. The molecule has 7 nitrogen and oxygen atoms in total. The standard InChI is InChI=1S/C25H19N3O4S/c29-22(26-13-12-23-27-20-8-4-5-9-21(20)33-23)15-31-25(30)17-10-11-19-18(14-17)24(32-28-19)16-6-2-1-3-7-16/h1-11,14H,12-13,15H2,(H,26,29). The molecule has 0 unspecified atom stereocenters. The Morgan fingerprint density at radius 2 is 1.79 bits per heavy atom. The smallest absolute Gasteiger partial charge is 0.338 e. The number of carbonyl (C=O) groups excluding carboxylic acids is 2. The Kier molecular flexibility index (Phi) is 5.82. The Morgan fingerprint density at radius 1 is 0.970 bits per heavy atom. The number of ether oxygens (including phenoxy) is 1. The average molecular weight is 458 g/mol. The van der Waals surface area contributed by atoms with E-state index in [2.05, 4.69) is 15.5 Å². The second-order valence-corrected chi connectivity index (χ2v) is 8.48. The van der Waals surface area contributed by atoms with E-state index in [1.165, 1.54) is 0 Å². The first-order chi connectivity index (χ1) is 16.2. The fourth-order valence-electron chi connectivity index (χ4n) is 3.47. The number of aromatic nitrogens is 2. The molecule has 0 atom stereocenters. The van der Waals surface area contributed by atoms with Gasteiger partial charge >= 0.3 is 5.97 Å². The van der Waals surface area contributed by atoms with Gasteiger partial charge in [0.25, 0.3) is 5.91 Å². The van der Waals surface area contributed by atoms with E-state index in [9.17, 15) is 9.59 Å². The molecule has 0 bridgehead atoms. The van der Waals surface area contributed by atoms with Crippen LogP contribution < -0.4 is 5.32 Å². The van der Waals surface area contributed by atoms with Gasteiger partial charge in [0.2, 0.25) is 0 Å². The molecule has 0 aliphatic rings. The van der Waals surface area contributed by atoms with Gasteiger partial charge < -0.3 is 14.6 Å². The van der Waals surface area contributed by atoms with E-state index < -0.39 is 5.97 Å². The lowest BCUT2D eigenvalue weighted by molar-refractivity contribution is -0.124. The Hall–Kier alpha value is -4.04. The highest BCUT2D eigenvalue weighted by atomic mass is 32.1. The van der Waals surface area contributed by atoms with Gasteiger partial charge in [-0.15, -0.1) is 11.3 Å². The number of hydrogen-bond acceptors (Lipinski definition) is 7. The molecule has 0 saturated carbocycles. The number of amides is 1. The minimum atomic E-state index is -0.585. The lowest BCUT2D eigenvalue weighted by Gasteiger charge is -2.06. The molecule has 0 saturated heterocycles. The van der Waals surface area contributed by atoms with Crippen LogP contribution in [0.15, 0.2) is 77.3 Å². The fraction of sp³-hybridized carbons (Fsp3) is 0.120. The van der Waals surface area contributed by atoms with Crippen LogP contribution in [0.3, 0.4) is 0 Å². The number of nitrogens with zero attached hydrogens (tertiary/aromatic N) is 2. The van der Waals surface area contributed by atoms with Crippen LogP contribution in [0.4, 0.5) is 0 Å². The zero-order chi connectivity index (χ0) is 22.6. The van der Waals surface area contributed by atoms with Gasteiger partial charge in [0.15, 0.2) is 12.4 Å². The van der Waals surface area contributed by atoms with Gasteiger partial charge in [-0.05, 0) is 30.3 Å². The van der Waals surface area contributed by atoms with Crippen LogP contribution >= 0.6 is 11.3 Å². The molecule has 0 fully saturated rings. The number of fused-ring (bicyclic) bond motifs is 2. The van der Waals surface area contributed by atoms with E-state index in [0.29, 0.717) is 35.2 Å². The fourth-order valence-corrected chi connectivity index (χ4v) is 4.43. The summed E-state index contributed by atoms with van der Waals surface area (Å²) in [7, 11) is 0. The van der Waals surface area contributed by atoms with Crippen molar-refractivity contribution < 1.29 is 18.8 Å². The number of para-hydroxylation sites is 1. The Balaban J connectivity index is 1.17. The number of hydrogen-bond donors (Lipinski definition) is 1. The van der Waals surface area contributed by atoms with Crippen molar-refractivity contribution in [2.75, 3.05) is 13.2 Å². The number of nitrogens with one attached hydrogen (secondary N) is 1. The van der Waals surface area contributed by atoms with E-state index in [1.54, 1.807) is 29.5 Å². The van der Waals surface area contributed by atoms with Gasteiger partial charge in [-0.25, -0.2) is 9.78 Å². The number of esters is 1. The predicted molar refractivity (Wildman–Crippen MR) is 126 cm³/mol. The highest BCUT2D eigenvalue weighted by Crippen LogP contribution is 2.29. The van der Waals surface area contributed by atoms with E-state index in [0.717, 1.165) is 20.8 Å². The summed E-state index contributed by atoms with van der Waals surface area (Å²) in [6, 6.07) is 22.4. The molecule has 164 valence electrons. The summed E-state index contributed by atoms with van der Waals surface area (Å²) in [5.41, 5.74) is 2.78. The first-order valence-electron chi connectivity index (χ1n) is 10.4. The monoisotopic (exact) mass is 457 g/mol. The third kappa shape index (κ3) is 4.61. The maximum atomic E-state index is 12.5. The third-order valence-electron chi connectivity index (χ3n) is 5.08. The Morgan fingerprint density at radius 3 is 2.64 bits per heavy atom. The molecule has 1 amide bonds. The van der Waals surface area contributed by atoms with Gasteiger partial charge in [-0.1, -0.05) is 47.6 Å². The van der Waals surface area contributed by atoms with Crippen molar-refractivity contribution in [3.05, 3.63) is 83.4 Å². The van der Waals surface area contributed by atoms with Crippen molar-refractivity contribution in [3.8, 4) is 11.3 Å². The molecule has 2 aromatic heterocycles. The molecule has 5 rings (SSSR count). The maximum Gasteiger partial charge on any atom is 0.338 e. The Labute approximate surface area is 193 Å². The van der Waals surface area contributed by atoms with Crippen molar-refractivity contribution in [1.82, 2.24) is 15.5 Å². The molecular formula is C25H19N3O4S. The summed E-state index contributed by atoms with van der Waals surface area (Å²) in [5.74, 6) is -0.369. The van der Waals surface area contributed by atoms with Crippen LogP contribution in [-0.2, 0) is 16.0 Å². The number of benzene rings is 3. The lowest BCUT2D eigenvalue weighted by Crippen LogP contribution is -2.30. The van der Waals surface area contributed by atoms with E-state index >= 15 is 0 Å². The second-order valence-electron chi connectivity index (χ2n) is 7.36. The first-order valence-corrected chi connectivity index (χ1v) is 11.2. The molecule has 33 heavy (non-hydrogen) atoms. The number of carbonyl (C=O) groups is 2. The maximum absolute atomic E-state index is 12.5. The van der Waals surface area contributed by atoms with Crippen molar-refractivity contribution in [1.29, 1.82) is 0 Å². The van der Waals surface area contributed by atoms with Crippen LogP contribution in [0.1, 0.15) is 15.4 Å². The minimum Gasteiger partial charge on any atom is -0.452 e. The molecule has 0 radical (unpaired) electrons. The molecule has 0 aliphatic heterocycles. The highest BCUT2D eigenvalue weighted by Gasteiger charge is 2.16. The predicted octanol–water partition coefficient (Wildman–Crippen LogP) is 4.62. The van der Waals surface area contributed by atoms with Gasteiger partial charge in [-0.3, -0.25) is 4.79 Å². The summed E-state index contributed by atoms with van der Waals surface area (Å²) in [5, 5.41) is 8.46. The van der Waals surface area contributed by atoms with E-state index in [-0.39, 0.29) is 12.5 Å². The molecule has 2 heterocycles. The molecule has 8 heteroatoms.